The molecule has 1 aliphatic rings. The van der Waals surface area contributed by atoms with Crippen LogP contribution in [0.3, 0.4) is 0 Å². The highest BCUT2D eigenvalue weighted by molar-refractivity contribution is 5.86. The summed E-state index contributed by atoms with van der Waals surface area (Å²) in [4.78, 5) is 7.79. The van der Waals surface area contributed by atoms with Gasteiger partial charge in [0, 0.05) is 30.8 Å². The fraction of sp³-hybridized carbons (Fsp3) is 0.429. The first-order chi connectivity index (χ1) is 5.77. The Labute approximate surface area is 107 Å². The minimum Gasteiger partial charge on any atom is -0.383 e. The summed E-state index contributed by atoms with van der Waals surface area (Å²) in [6, 6.07) is 0. The van der Waals surface area contributed by atoms with E-state index in [9.17, 15) is 0 Å². The number of hydrogen-bond donors (Lipinski definition) is 3. The zero-order valence-corrected chi connectivity index (χ0v) is 10.3. The van der Waals surface area contributed by atoms with Gasteiger partial charge in [-0.3, -0.25) is 0 Å². The second-order valence-electron chi connectivity index (χ2n) is 2.92. The fourth-order valence-electron chi connectivity index (χ4n) is 1.24. The highest BCUT2D eigenvalue weighted by Crippen LogP contribution is 2.23. The van der Waals surface area contributed by atoms with Gasteiger partial charge in [-0.25, -0.2) is 4.98 Å². The largest absolute Gasteiger partial charge is 0.383 e. The lowest BCUT2D eigenvalue weighted by Crippen LogP contribution is -2.40. The smallest absolute Gasteiger partial charge is 0.221 e. The first-order valence-electron chi connectivity index (χ1n) is 3.86. The van der Waals surface area contributed by atoms with E-state index in [-0.39, 0.29) is 43.2 Å². The summed E-state index contributed by atoms with van der Waals surface area (Å²) < 4.78 is 0. The fourth-order valence-corrected chi connectivity index (χ4v) is 1.24. The standard InChI is InChI=1S/C7H11N5.3ClH/c8-6-5(4-1-10-2-4)3-11-7(9)12-6;;;/h3-4,10H,1-2H2,(H4,8,9,11,12);3*1H. The maximum Gasteiger partial charge on any atom is 0.221 e. The summed E-state index contributed by atoms with van der Waals surface area (Å²) in [5, 5.41) is 3.16. The molecule has 0 unspecified atom stereocenters. The first kappa shape index (κ1) is 16.9. The lowest BCUT2D eigenvalue weighted by atomic mass is 9.95. The predicted octanol–water partition coefficient (Wildman–Crippen LogP) is 0.593. The van der Waals surface area contributed by atoms with Gasteiger partial charge in [0.2, 0.25) is 5.95 Å². The Morgan fingerprint density at radius 3 is 2.20 bits per heavy atom. The molecule has 2 heterocycles. The van der Waals surface area contributed by atoms with Crippen LogP contribution in [0, 0.1) is 0 Å². The van der Waals surface area contributed by atoms with Gasteiger partial charge in [0.15, 0.2) is 0 Å². The maximum atomic E-state index is 5.67. The van der Waals surface area contributed by atoms with Gasteiger partial charge < -0.3 is 16.8 Å². The first-order valence-corrected chi connectivity index (χ1v) is 3.86. The van der Waals surface area contributed by atoms with Gasteiger partial charge in [0.25, 0.3) is 0 Å². The van der Waals surface area contributed by atoms with Crippen LogP contribution < -0.4 is 16.8 Å². The SMILES string of the molecule is Cl.Cl.Cl.Nc1ncc(C2CNC2)c(N)n1. The van der Waals surface area contributed by atoms with Crippen LogP contribution in [-0.2, 0) is 0 Å². The van der Waals surface area contributed by atoms with Crippen LogP contribution in [-0.4, -0.2) is 23.1 Å². The molecule has 1 fully saturated rings. The quantitative estimate of drug-likeness (QED) is 0.697. The van der Waals surface area contributed by atoms with Gasteiger partial charge in [0.1, 0.15) is 5.82 Å². The molecule has 15 heavy (non-hydrogen) atoms. The molecule has 0 aliphatic carbocycles. The van der Waals surface area contributed by atoms with E-state index in [1.165, 1.54) is 0 Å². The summed E-state index contributed by atoms with van der Waals surface area (Å²) in [7, 11) is 0. The predicted molar refractivity (Wildman–Crippen MR) is 68.2 cm³/mol. The van der Waals surface area contributed by atoms with Gasteiger partial charge in [-0.1, -0.05) is 0 Å². The molecule has 0 radical (unpaired) electrons. The molecule has 1 aromatic rings. The Morgan fingerprint density at radius 1 is 1.20 bits per heavy atom. The summed E-state index contributed by atoms with van der Waals surface area (Å²) >= 11 is 0. The van der Waals surface area contributed by atoms with Crippen molar-refractivity contribution in [2.45, 2.75) is 5.92 Å². The van der Waals surface area contributed by atoms with Gasteiger partial charge in [-0.15, -0.1) is 37.2 Å². The molecule has 1 saturated heterocycles. The second-order valence-corrected chi connectivity index (χ2v) is 2.92. The van der Waals surface area contributed by atoms with Crippen LogP contribution in [0.5, 0.6) is 0 Å². The lowest BCUT2D eigenvalue weighted by Gasteiger charge is -2.27. The molecule has 0 aromatic carbocycles. The number of nitrogen functional groups attached to an aromatic ring is 2. The van der Waals surface area contributed by atoms with Crippen LogP contribution in [0.2, 0.25) is 0 Å². The number of nitrogens with zero attached hydrogens (tertiary/aromatic N) is 2. The van der Waals surface area contributed by atoms with Crippen molar-refractivity contribution in [2.24, 2.45) is 0 Å². The molecule has 5 nitrogen and oxygen atoms in total. The van der Waals surface area contributed by atoms with Gasteiger partial charge in [0.05, 0.1) is 0 Å². The van der Waals surface area contributed by atoms with Crippen LogP contribution in [0.25, 0.3) is 0 Å². The van der Waals surface area contributed by atoms with Crippen LogP contribution in [0.15, 0.2) is 6.20 Å². The number of nitrogens with two attached hydrogens (primary N) is 2. The van der Waals surface area contributed by atoms with Crippen molar-refractivity contribution in [3.05, 3.63) is 11.8 Å². The molecule has 88 valence electrons. The lowest BCUT2D eigenvalue weighted by molar-refractivity contribution is 0.448. The van der Waals surface area contributed by atoms with Crippen molar-refractivity contribution in [3.8, 4) is 0 Å². The van der Waals surface area contributed by atoms with E-state index in [2.05, 4.69) is 15.3 Å². The Hall–Kier alpha value is -0.490. The molecule has 0 bridgehead atoms. The minimum absolute atomic E-state index is 0. The van der Waals surface area contributed by atoms with Crippen molar-refractivity contribution in [3.63, 3.8) is 0 Å². The number of rotatable bonds is 1. The topological polar surface area (TPSA) is 89.8 Å². The summed E-state index contributed by atoms with van der Waals surface area (Å²) in [6.07, 6.45) is 1.71. The van der Waals surface area contributed by atoms with Gasteiger partial charge >= 0.3 is 0 Å². The Balaban J connectivity index is 0. The molecule has 1 aromatic heterocycles. The Kier molecular flexibility index (Phi) is 7.78. The van der Waals surface area contributed by atoms with Crippen molar-refractivity contribution < 1.29 is 0 Å². The van der Waals surface area contributed by atoms with E-state index in [1.807, 2.05) is 0 Å². The monoisotopic (exact) mass is 273 g/mol. The third-order valence-electron chi connectivity index (χ3n) is 2.09. The normalized spacial score (nSPS) is 13.9. The number of anilines is 2. The molecule has 8 heteroatoms. The summed E-state index contributed by atoms with van der Waals surface area (Å²) in [5.74, 6) is 1.21. The van der Waals surface area contributed by atoms with Crippen molar-refractivity contribution >= 4 is 49.0 Å². The zero-order valence-electron chi connectivity index (χ0n) is 7.84. The third-order valence-corrected chi connectivity index (χ3v) is 2.09. The average molecular weight is 275 g/mol. The van der Waals surface area contributed by atoms with E-state index in [4.69, 9.17) is 11.5 Å². The van der Waals surface area contributed by atoms with Crippen molar-refractivity contribution in [1.29, 1.82) is 0 Å². The Bertz CT molecular complexity index is 305. The number of aromatic nitrogens is 2. The summed E-state index contributed by atoms with van der Waals surface area (Å²) in [5.41, 5.74) is 12.0. The van der Waals surface area contributed by atoms with Crippen LogP contribution >= 0.6 is 37.2 Å². The number of hydrogen-bond acceptors (Lipinski definition) is 5. The second kappa shape index (κ2) is 6.90. The third kappa shape index (κ3) is 3.53. The average Bonchev–Trinajstić information content (AvgIpc) is 1.91. The van der Waals surface area contributed by atoms with Gasteiger partial charge in [-0.2, -0.15) is 4.98 Å². The number of halogens is 3. The highest BCUT2D eigenvalue weighted by Gasteiger charge is 2.21. The molecule has 0 atom stereocenters. The van der Waals surface area contributed by atoms with E-state index in [1.54, 1.807) is 6.20 Å². The molecule has 0 spiro atoms. The maximum absolute atomic E-state index is 5.67. The molecule has 1 aliphatic heterocycles. The van der Waals surface area contributed by atoms with Gasteiger partial charge in [-0.05, 0) is 0 Å². The molecule has 2 rings (SSSR count). The van der Waals surface area contributed by atoms with E-state index >= 15 is 0 Å². The van der Waals surface area contributed by atoms with E-state index < -0.39 is 0 Å². The highest BCUT2D eigenvalue weighted by atomic mass is 35.5. The number of nitrogens with one attached hydrogen (secondary N) is 1. The van der Waals surface area contributed by atoms with Crippen molar-refractivity contribution in [1.82, 2.24) is 15.3 Å². The Morgan fingerprint density at radius 2 is 1.80 bits per heavy atom. The molecular formula is C7H14Cl3N5. The molecule has 5 N–H and O–H groups in total. The van der Waals surface area contributed by atoms with Crippen LogP contribution in [0.1, 0.15) is 11.5 Å². The van der Waals surface area contributed by atoms with E-state index in [0.29, 0.717) is 11.7 Å². The van der Waals surface area contributed by atoms with Crippen LogP contribution in [0.4, 0.5) is 11.8 Å². The minimum atomic E-state index is 0. The molecule has 0 amide bonds. The van der Waals surface area contributed by atoms with Crippen molar-refractivity contribution in [2.75, 3.05) is 24.6 Å². The molecular weight excluding hydrogens is 260 g/mol. The summed E-state index contributed by atoms with van der Waals surface area (Å²) in [6.45, 7) is 1.91. The zero-order chi connectivity index (χ0) is 8.55. The molecule has 0 saturated carbocycles. The van der Waals surface area contributed by atoms with E-state index in [0.717, 1.165) is 18.7 Å².